The van der Waals surface area contributed by atoms with Crippen LogP contribution in [0.25, 0.3) is 0 Å². The Bertz CT molecular complexity index is 862. The molecular weight excluding hydrogens is 348 g/mol. The summed E-state index contributed by atoms with van der Waals surface area (Å²) in [6.07, 6.45) is 0.612. The second-order valence-electron chi connectivity index (χ2n) is 5.48. The number of halogens is 1. The van der Waals surface area contributed by atoms with E-state index < -0.39 is 9.84 Å². The van der Waals surface area contributed by atoms with Crippen LogP contribution in [0.15, 0.2) is 52.3 Å². The van der Waals surface area contributed by atoms with Gasteiger partial charge in [0.2, 0.25) is 9.84 Å². The zero-order chi connectivity index (χ0) is 17.2. The highest BCUT2D eigenvalue weighted by molar-refractivity contribution is 7.91. The third-order valence-electron chi connectivity index (χ3n) is 4.03. The first-order chi connectivity index (χ1) is 11.6. The molecule has 24 heavy (non-hydrogen) atoms. The van der Waals surface area contributed by atoms with Gasteiger partial charge in [-0.15, -0.1) is 0 Å². The fourth-order valence-corrected chi connectivity index (χ4v) is 4.81. The first-order valence-corrected chi connectivity index (χ1v) is 9.45. The zero-order valence-electron chi connectivity index (χ0n) is 12.9. The Hall–Kier alpha value is -1.89. The van der Waals surface area contributed by atoms with E-state index in [1.54, 1.807) is 24.3 Å². The Labute approximate surface area is 146 Å². The number of rotatable bonds is 4. The number of nitrogens with one attached hydrogen (secondary N) is 1. The highest BCUT2D eigenvalue weighted by Gasteiger charge is 2.26. The topological polar surface area (TPSA) is 66.5 Å². The Balaban J connectivity index is 2.14. The molecule has 0 unspecified atom stereocenters. The van der Waals surface area contributed by atoms with Crippen molar-refractivity contribution < 1.29 is 13.2 Å². The van der Waals surface area contributed by atoms with Gasteiger partial charge in [-0.05, 0) is 24.3 Å². The molecule has 3 rings (SSSR count). The maximum atomic E-state index is 13.0. The van der Waals surface area contributed by atoms with Crippen molar-refractivity contribution in [2.75, 3.05) is 31.1 Å². The van der Waals surface area contributed by atoms with Crippen LogP contribution in [0, 0.1) is 0 Å². The number of hydrogen-bond acceptors (Lipinski definition) is 5. The van der Waals surface area contributed by atoms with Crippen molar-refractivity contribution in [1.29, 1.82) is 0 Å². The van der Waals surface area contributed by atoms with E-state index in [2.05, 4.69) is 5.32 Å². The summed E-state index contributed by atoms with van der Waals surface area (Å²) in [5.74, 6) is 0. The molecule has 1 fully saturated rings. The van der Waals surface area contributed by atoms with Crippen molar-refractivity contribution in [2.45, 2.75) is 9.79 Å². The van der Waals surface area contributed by atoms with Crippen LogP contribution >= 0.6 is 11.6 Å². The van der Waals surface area contributed by atoms with Crippen LogP contribution in [0.5, 0.6) is 0 Å². The Morgan fingerprint density at radius 3 is 2.33 bits per heavy atom. The molecule has 0 saturated carbocycles. The van der Waals surface area contributed by atoms with Gasteiger partial charge in [-0.1, -0.05) is 29.8 Å². The summed E-state index contributed by atoms with van der Waals surface area (Å²) in [7, 11) is -3.88. The Kier molecular flexibility index (Phi) is 4.89. The van der Waals surface area contributed by atoms with Gasteiger partial charge in [-0.3, -0.25) is 4.79 Å². The monoisotopic (exact) mass is 364 g/mol. The summed E-state index contributed by atoms with van der Waals surface area (Å²) in [5, 5.41) is 3.38. The molecule has 126 valence electrons. The van der Waals surface area contributed by atoms with Crippen LogP contribution in [0.2, 0.25) is 5.02 Å². The summed E-state index contributed by atoms with van der Waals surface area (Å²) in [5.41, 5.74) is 0.818. The molecule has 0 spiro atoms. The molecule has 0 radical (unpaired) electrons. The number of aldehydes is 1. The lowest BCUT2D eigenvalue weighted by molar-refractivity contribution is 0.112. The van der Waals surface area contributed by atoms with E-state index in [0.29, 0.717) is 12.0 Å². The van der Waals surface area contributed by atoms with E-state index in [1.165, 1.54) is 18.2 Å². The smallest absolute Gasteiger partial charge is 0.208 e. The minimum Gasteiger partial charge on any atom is -0.368 e. The van der Waals surface area contributed by atoms with Gasteiger partial charge >= 0.3 is 0 Å². The molecule has 7 heteroatoms. The second-order valence-corrected chi connectivity index (χ2v) is 7.77. The Morgan fingerprint density at radius 1 is 1.00 bits per heavy atom. The minimum absolute atomic E-state index is 0.00669. The number of carbonyl (C=O) groups is 1. The van der Waals surface area contributed by atoms with E-state index in [4.69, 9.17) is 11.6 Å². The van der Waals surface area contributed by atoms with Crippen molar-refractivity contribution in [3.05, 3.63) is 53.1 Å². The molecule has 0 bridgehead atoms. The molecule has 0 amide bonds. The average molecular weight is 365 g/mol. The van der Waals surface area contributed by atoms with E-state index in [0.717, 1.165) is 26.2 Å². The van der Waals surface area contributed by atoms with E-state index in [1.807, 2.05) is 4.90 Å². The van der Waals surface area contributed by atoms with Gasteiger partial charge in [-0.2, -0.15) is 0 Å². The third-order valence-corrected chi connectivity index (χ3v) is 6.35. The normalized spacial score (nSPS) is 15.3. The first kappa shape index (κ1) is 17.0. The van der Waals surface area contributed by atoms with Crippen LogP contribution < -0.4 is 10.2 Å². The maximum absolute atomic E-state index is 13.0. The lowest BCUT2D eigenvalue weighted by atomic mass is 10.1. The molecule has 1 N–H and O–H groups in total. The predicted molar refractivity (Wildman–Crippen MR) is 93.8 cm³/mol. The zero-order valence-corrected chi connectivity index (χ0v) is 14.5. The molecule has 1 heterocycles. The molecule has 2 aromatic carbocycles. The number of carbonyl (C=O) groups excluding carboxylic acids is 1. The summed E-state index contributed by atoms with van der Waals surface area (Å²) in [6.45, 7) is 3.02. The van der Waals surface area contributed by atoms with Crippen LogP contribution in [0.4, 0.5) is 5.69 Å². The first-order valence-electron chi connectivity index (χ1n) is 7.59. The lowest BCUT2D eigenvalue weighted by Crippen LogP contribution is -2.44. The fourth-order valence-electron chi connectivity index (χ4n) is 2.85. The molecular formula is C17H17ClN2O3S. The van der Waals surface area contributed by atoms with Gasteiger partial charge in [-0.25, -0.2) is 8.42 Å². The number of nitrogens with zero attached hydrogens (tertiary/aromatic N) is 1. The maximum Gasteiger partial charge on any atom is 0.208 e. The Morgan fingerprint density at radius 2 is 1.67 bits per heavy atom. The lowest BCUT2D eigenvalue weighted by Gasteiger charge is -2.30. The summed E-state index contributed by atoms with van der Waals surface area (Å²) in [4.78, 5) is 13.7. The van der Waals surface area contributed by atoms with Crippen molar-refractivity contribution in [1.82, 2.24) is 5.32 Å². The van der Waals surface area contributed by atoms with Gasteiger partial charge < -0.3 is 10.2 Å². The van der Waals surface area contributed by atoms with Crippen molar-refractivity contribution in [2.24, 2.45) is 0 Å². The van der Waals surface area contributed by atoms with E-state index in [9.17, 15) is 13.2 Å². The molecule has 0 aromatic heterocycles. The van der Waals surface area contributed by atoms with Gasteiger partial charge in [0.15, 0.2) is 6.29 Å². The van der Waals surface area contributed by atoms with Crippen molar-refractivity contribution in [3.63, 3.8) is 0 Å². The molecule has 0 atom stereocenters. The summed E-state index contributed by atoms with van der Waals surface area (Å²) in [6, 6.07) is 11.1. The molecule has 5 nitrogen and oxygen atoms in total. The number of benzene rings is 2. The highest BCUT2D eigenvalue weighted by atomic mass is 35.5. The van der Waals surface area contributed by atoms with E-state index in [-0.39, 0.29) is 20.4 Å². The molecule has 1 saturated heterocycles. The quantitative estimate of drug-likeness (QED) is 0.844. The van der Waals surface area contributed by atoms with Crippen LogP contribution in [-0.2, 0) is 9.84 Å². The standard InChI is InChI=1S/C17H17ClN2O3S/c18-14-4-1-2-6-17(14)24(22,23)16-7-3-5-15(13(16)12-21)20-10-8-19-9-11-20/h1-7,12,19H,8-11H2. The predicted octanol–water partition coefficient (Wildman–Crippen LogP) is 2.39. The number of sulfone groups is 1. The van der Waals surface area contributed by atoms with Crippen molar-refractivity contribution in [3.8, 4) is 0 Å². The molecule has 2 aromatic rings. The van der Waals surface area contributed by atoms with Gasteiger partial charge in [0.1, 0.15) is 0 Å². The largest absolute Gasteiger partial charge is 0.368 e. The number of piperazine rings is 1. The number of hydrogen-bond donors (Lipinski definition) is 1. The molecule has 0 aliphatic carbocycles. The van der Waals surface area contributed by atoms with Gasteiger partial charge in [0, 0.05) is 31.9 Å². The highest BCUT2D eigenvalue weighted by Crippen LogP contribution is 2.32. The SMILES string of the molecule is O=Cc1c(N2CCNCC2)cccc1S(=O)(=O)c1ccccc1Cl. The fraction of sp³-hybridized carbons (Fsp3) is 0.235. The van der Waals surface area contributed by atoms with Crippen LogP contribution in [-0.4, -0.2) is 40.9 Å². The van der Waals surface area contributed by atoms with Gasteiger partial charge in [0.05, 0.1) is 20.4 Å². The van der Waals surface area contributed by atoms with Crippen LogP contribution in [0.3, 0.4) is 0 Å². The number of anilines is 1. The third kappa shape index (κ3) is 3.05. The second kappa shape index (κ2) is 6.93. The van der Waals surface area contributed by atoms with Crippen molar-refractivity contribution >= 4 is 33.4 Å². The molecule has 1 aliphatic heterocycles. The van der Waals surface area contributed by atoms with Gasteiger partial charge in [0.25, 0.3) is 0 Å². The van der Waals surface area contributed by atoms with Crippen LogP contribution in [0.1, 0.15) is 10.4 Å². The molecule has 1 aliphatic rings. The summed E-state index contributed by atoms with van der Waals surface area (Å²) >= 11 is 6.06. The minimum atomic E-state index is -3.88. The van der Waals surface area contributed by atoms with E-state index >= 15 is 0 Å². The summed E-state index contributed by atoms with van der Waals surface area (Å²) < 4.78 is 26.0. The average Bonchev–Trinajstić information content (AvgIpc) is 2.62.